The first kappa shape index (κ1) is 26.1. The molecular formula is C25H30Cl2N8O. The molecule has 0 aliphatic carbocycles. The van der Waals surface area contributed by atoms with Gasteiger partial charge in [0.1, 0.15) is 17.4 Å². The van der Waals surface area contributed by atoms with E-state index in [9.17, 15) is 10.1 Å². The summed E-state index contributed by atoms with van der Waals surface area (Å²) in [6.45, 7) is 9.45. The third kappa shape index (κ3) is 5.12. The zero-order chi connectivity index (χ0) is 25.8. The van der Waals surface area contributed by atoms with E-state index in [1.165, 1.54) is 0 Å². The third-order valence-corrected chi connectivity index (χ3v) is 7.11. The highest BCUT2D eigenvalue weighted by molar-refractivity contribution is 6.35. The van der Waals surface area contributed by atoms with E-state index in [1.807, 2.05) is 31.7 Å². The van der Waals surface area contributed by atoms with Crippen molar-refractivity contribution in [1.82, 2.24) is 30.0 Å². The van der Waals surface area contributed by atoms with Gasteiger partial charge in [0.05, 0.1) is 18.3 Å². The first-order valence-corrected chi connectivity index (χ1v) is 13.1. The Bertz CT molecular complexity index is 1270. The lowest BCUT2D eigenvalue weighted by Gasteiger charge is -2.36. The lowest BCUT2D eigenvalue weighted by atomic mass is 10.1. The number of halogens is 2. The number of rotatable bonds is 4. The number of carbonyl (C=O) groups is 1. The van der Waals surface area contributed by atoms with Crippen LogP contribution in [0.15, 0.2) is 24.4 Å². The Morgan fingerprint density at radius 1 is 1.22 bits per heavy atom. The number of carbonyl (C=O) groups excluding carboxylic acids is 1. The minimum atomic E-state index is -0.285. The van der Waals surface area contributed by atoms with Gasteiger partial charge in [-0.25, -0.2) is 14.6 Å². The van der Waals surface area contributed by atoms with Gasteiger partial charge in [-0.3, -0.25) is 4.79 Å². The SMILES string of the molecule is CC.CC(c1ccc(Cl)cc1Cl)n1nc(C#N)c2ncc(N3CCN(C(=O)C4CCCN4)CC3)nc21. The van der Waals surface area contributed by atoms with Gasteiger partial charge in [0.25, 0.3) is 0 Å². The molecule has 5 rings (SSSR count). The summed E-state index contributed by atoms with van der Waals surface area (Å²) in [5.74, 6) is 0.878. The number of fused-ring (bicyclic) bond motifs is 1. The van der Waals surface area contributed by atoms with Gasteiger partial charge in [-0.2, -0.15) is 10.4 Å². The Morgan fingerprint density at radius 3 is 2.61 bits per heavy atom. The molecule has 1 N–H and O–H groups in total. The number of anilines is 1. The molecule has 4 heterocycles. The van der Waals surface area contributed by atoms with Crippen molar-refractivity contribution in [3.05, 3.63) is 45.7 Å². The summed E-state index contributed by atoms with van der Waals surface area (Å²) < 4.78 is 1.69. The Balaban J connectivity index is 0.00000148. The quantitative estimate of drug-likeness (QED) is 0.544. The first-order valence-electron chi connectivity index (χ1n) is 12.3. The van der Waals surface area contributed by atoms with Gasteiger partial charge in [-0.15, -0.1) is 0 Å². The molecule has 2 aliphatic rings. The fourth-order valence-electron chi connectivity index (χ4n) is 4.64. The molecule has 2 aromatic heterocycles. The number of piperazine rings is 1. The standard InChI is InChI=1S/C23H24Cl2N8O.C2H6/c1-14(16-5-4-15(24)11-17(16)25)33-22-21(19(12-26)30-33)28-13-20(29-22)31-7-9-32(10-8-31)23(34)18-3-2-6-27-18;1-2/h4-5,11,13-14,18,27H,2-3,6-10H2,1H3;1-2H3. The van der Waals surface area contributed by atoms with Crippen molar-refractivity contribution < 1.29 is 4.79 Å². The van der Waals surface area contributed by atoms with E-state index in [2.05, 4.69) is 26.4 Å². The van der Waals surface area contributed by atoms with Crippen LogP contribution in [-0.2, 0) is 4.79 Å². The highest BCUT2D eigenvalue weighted by atomic mass is 35.5. The zero-order valence-corrected chi connectivity index (χ0v) is 22.2. The van der Waals surface area contributed by atoms with Crippen molar-refractivity contribution in [2.24, 2.45) is 0 Å². The van der Waals surface area contributed by atoms with Crippen LogP contribution in [0.5, 0.6) is 0 Å². The molecule has 0 spiro atoms. The number of hydrogen-bond acceptors (Lipinski definition) is 7. The van der Waals surface area contributed by atoms with Gasteiger partial charge in [0.2, 0.25) is 5.91 Å². The van der Waals surface area contributed by atoms with Gasteiger partial charge >= 0.3 is 0 Å². The summed E-state index contributed by atoms with van der Waals surface area (Å²) in [5, 5.41) is 18.4. The van der Waals surface area contributed by atoms with Crippen molar-refractivity contribution in [3.8, 4) is 6.07 Å². The molecule has 0 radical (unpaired) electrons. The fourth-order valence-corrected chi connectivity index (χ4v) is 5.21. The molecule has 2 saturated heterocycles. The average molecular weight is 529 g/mol. The predicted octanol–water partition coefficient (Wildman–Crippen LogP) is 4.04. The molecule has 11 heteroatoms. The van der Waals surface area contributed by atoms with Gasteiger partial charge in [0.15, 0.2) is 11.3 Å². The van der Waals surface area contributed by atoms with E-state index in [-0.39, 0.29) is 23.7 Å². The zero-order valence-electron chi connectivity index (χ0n) is 20.7. The van der Waals surface area contributed by atoms with Crippen molar-refractivity contribution >= 4 is 46.1 Å². The Hall–Kier alpha value is -2.93. The summed E-state index contributed by atoms with van der Waals surface area (Å²) in [7, 11) is 0. The molecule has 36 heavy (non-hydrogen) atoms. The maximum Gasteiger partial charge on any atom is 0.239 e. The number of benzene rings is 1. The molecule has 2 unspecified atom stereocenters. The van der Waals surface area contributed by atoms with Gasteiger partial charge in [-0.1, -0.05) is 43.1 Å². The summed E-state index contributed by atoms with van der Waals surface area (Å²) in [6.07, 6.45) is 3.62. The van der Waals surface area contributed by atoms with Crippen LogP contribution in [0.1, 0.15) is 50.9 Å². The second-order valence-corrected chi connectivity index (χ2v) is 9.45. The minimum absolute atomic E-state index is 0.0531. The highest BCUT2D eigenvalue weighted by Crippen LogP contribution is 2.31. The summed E-state index contributed by atoms with van der Waals surface area (Å²) in [4.78, 5) is 26.1. The van der Waals surface area contributed by atoms with Crippen LogP contribution in [0.2, 0.25) is 10.0 Å². The second kappa shape index (κ2) is 11.4. The topological polar surface area (TPSA) is 103 Å². The molecule has 2 atom stereocenters. The molecule has 9 nitrogen and oxygen atoms in total. The molecular weight excluding hydrogens is 499 g/mol. The van der Waals surface area contributed by atoms with Crippen molar-refractivity contribution in [2.45, 2.75) is 45.7 Å². The second-order valence-electron chi connectivity index (χ2n) is 8.61. The number of nitriles is 1. The number of amides is 1. The predicted molar refractivity (Wildman–Crippen MR) is 141 cm³/mol. The molecule has 2 fully saturated rings. The fraction of sp³-hybridized carbons (Fsp3) is 0.480. The van der Waals surface area contributed by atoms with Crippen molar-refractivity contribution in [3.63, 3.8) is 0 Å². The third-order valence-electron chi connectivity index (χ3n) is 6.55. The normalized spacial score (nSPS) is 18.5. The van der Waals surface area contributed by atoms with E-state index in [4.69, 9.17) is 28.2 Å². The number of hydrogen-bond donors (Lipinski definition) is 1. The highest BCUT2D eigenvalue weighted by Gasteiger charge is 2.30. The Morgan fingerprint density at radius 2 is 1.97 bits per heavy atom. The lowest BCUT2D eigenvalue weighted by Crippen LogP contribution is -2.53. The number of nitrogens with zero attached hydrogens (tertiary/aromatic N) is 7. The van der Waals surface area contributed by atoms with Crippen molar-refractivity contribution in [2.75, 3.05) is 37.6 Å². The van der Waals surface area contributed by atoms with Crippen LogP contribution in [0.4, 0.5) is 5.82 Å². The molecule has 2 aliphatic heterocycles. The molecule has 1 amide bonds. The monoisotopic (exact) mass is 528 g/mol. The van der Waals surface area contributed by atoms with E-state index >= 15 is 0 Å². The van der Waals surface area contributed by atoms with Crippen LogP contribution < -0.4 is 10.2 Å². The molecule has 0 saturated carbocycles. The van der Waals surface area contributed by atoms with Crippen LogP contribution in [0.3, 0.4) is 0 Å². The smallest absolute Gasteiger partial charge is 0.239 e. The van der Waals surface area contributed by atoms with E-state index in [1.54, 1.807) is 23.0 Å². The summed E-state index contributed by atoms with van der Waals surface area (Å²) >= 11 is 12.5. The van der Waals surface area contributed by atoms with Crippen LogP contribution >= 0.6 is 23.2 Å². The molecule has 3 aromatic rings. The van der Waals surface area contributed by atoms with Gasteiger partial charge in [0, 0.05) is 36.2 Å². The van der Waals surface area contributed by atoms with Crippen LogP contribution in [-0.4, -0.2) is 69.3 Å². The number of nitrogens with one attached hydrogen (secondary N) is 1. The lowest BCUT2D eigenvalue weighted by molar-refractivity contribution is -0.133. The van der Waals surface area contributed by atoms with Crippen LogP contribution in [0, 0.1) is 11.3 Å². The first-order chi connectivity index (χ1) is 17.5. The minimum Gasteiger partial charge on any atom is -0.352 e. The number of aromatic nitrogens is 4. The maximum absolute atomic E-state index is 12.7. The summed E-state index contributed by atoms with van der Waals surface area (Å²) in [6, 6.07) is 7.08. The van der Waals surface area contributed by atoms with Crippen molar-refractivity contribution in [1.29, 1.82) is 5.26 Å². The maximum atomic E-state index is 12.7. The average Bonchev–Trinajstić information content (AvgIpc) is 3.57. The van der Waals surface area contributed by atoms with Gasteiger partial charge in [-0.05, 0) is 44.0 Å². The van der Waals surface area contributed by atoms with E-state index in [0.29, 0.717) is 53.2 Å². The molecule has 190 valence electrons. The van der Waals surface area contributed by atoms with E-state index < -0.39 is 0 Å². The largest absolute Gasteiger partial charge is 0.352 e. The van der Waals surface area contributed by atoms with Crippen LogP contribution in [0.25, 0.3) is 11.2 Å². The Kier molecular flexibility index (Phi) is 8.29. The molecule has 1 aromatic carbocycles. The summed E-state index contributed by atoms with van der Waals surface area (Å²) in [5.41, 5.74) is 2.00. The van der Waals surface area contributed by atoms with Gasteiger partial charge < -0.3 is 15.1 Å². The van der Waals surface area contributed by atoms with E-state index in [0.717, 1.165) is 24.9 Å². The molecule has 0 bridgehead atoms. The Labute approximate surface area is 221 Å².